The Morgan fingerprint density at radius 1 is 1.71 bits per heavy atom. The molecule has 1 aromatic heterocycles. The van der Waals surface area contributed by atoms with Crippen LogP contribution in [0.2, 0.25) is 0 Å². The van der Waals surface area contributed by atoms with E-state index in [4.69, 9.17) is 9.63 Å². The highest BCUT2D eigenvalue weighted by Gasteiger charge is 2.11. The molecule has 1 amide bonds. The van der Waals surface area contributed by atoms with E-state index in [1.165, 1.54) is 0 Å². The lowest BCUT2D eigenvalue weighted by Crippen LogP contribution is -2.23. The van der Waals surface area contributed by atoms with Crippen molar-refractivity contribution in [2.75, 3.05) is 6.54 Å². The van der Waals surface area contributed by atoms with Crippen molar-refractivity contribution in [2.45, 2.75) is 19.8 Å². The third-order valence-electron chi connectivity index (χ3n) is 1.72. The summed E-state index contributed by atoms with van der Waals surface area (Å²) in [6, 6.07) is 0. The van der Waals surface area contributed by atoms with Gasteiger partial charge in [0, 0.05) is 19.4 Å². The quantitative estimate of drug-likeness (QED) is 0.868. The van der Waals surface area contributed by atoms with Crippen LogP contribution in [0.5, 0.6) is 0 Å². The second kappa shape index (κ2) is 4.99. The van der Waals surface area contributed by atoms with Gasteiger partial charge < -0.3 is 14.9 Å². The molecule has 0 bridgehead atoms. The van der Waals surface area contributed by atoms with E-state index in [0.717, 1.165) is 22.3 Å². The minimum Gasteiger partial charge on any atom is -0.465 e. The van der Waals surface area contributed by atoms with E-state index >= 15 is 0 Å². The average Bonchev–Trinajstić information content (AvgIpc) is 2.47. The van der Waals surface area contributed by atoms with Crippen molar-refractivity contribution in [3.8, 4) is 0 Å². The van der Waals surface area contributed by atoms with Crippen molar-refractivity contribution in [1.82, 2.24) is 10.5 Å². The molecule has 0 fully saturated rings. The molecule has 1 aromatic rings. The number of carbonyl (C=O) groups is 1. The predicted octanol–water partition coefficient (Wildman–Crippen LogP) is 1.81. The molecule has 2 N–H and O–H groups in total. The Morgan fingerprint density at radius 2 is 2.43 bits per heavy atom. The Hall–Kier alpha value is -1.04. The smallest absolute Gasteiger partial charge is 0.404 e. The SMILES string of the molecule is CCc1onc(CCNC(=O)O)c1Br. The average molecular weight is 263 g/mol. The molecule has 0 unspecified atom stereocenters. The summed E-state index contributed by atoms with van der Waals surface area (Å²) in [6.07, 6.45) is 0.261. The van der Waals surface area contributed by atoms with Crippen molar-refractivity contribution in [2.24, 2.45) is 0 Å². The van der Waals surface area contributed by atoms with Crippen molar-refractivity contribution in [1.29, 1.82) is 0 Å². The van der Waals surface area contributed by atoms with Crippen LogP contribution < -0.4 is 5.32 Å². The molecule has 1 rings (SSSR count). The lowest BCUT2D eigenvalue weighted by atomic mass is 10.2. The molecule has 0 spiro atoms. The number of rotatable bonds is 4. The molecule has 0 saturated heterocycles. The van der Waals surface area contributed by atoms with Gasteiger partial charge in [0.1, 0.15) is 0 Å². The number of carboxylic acid groups (broad SMARTS) is 1. The number of aryl methyl sites for hydroxylation is 1. The normalized spacial score (nSPS) is 10.1. The number of amides is 1. The van der Waals surface area contributed by atoms with Crippen molar-refractivity contribution < 1.29 is 14.4 Å². The minimum absolute atomic E-state index is 0.337. The van der Waals surface area contributed by atoms with Gasteiger partial charge in [-0.3, -0.25) is 0 Å². The van der Waals surface area contributed by atoms with Crippen LogP contribution in [0.25, 0.3) is 0 Å². The summed E-state index contributed by atoms with van der Waals surface area (Å²) >= 11 is 3.35. The molecule has 5 nitrogen and oxygen atoms in total. The molecule has 0 saturated carbocycles. The maximum absolute atomic E-state index is 10.2. The highest BCUT2D eigenvalue weighted by molar-refractivity contribution is 9.10. The van der Waals surface area contributed by atoms with Gasteiger partial charge in [-0.15, -0.1) is 0 Å². The molecule has 0 aliphatic carbocycles. The molecule has 0 radical (unpaired) electrons. The number of nitrogens with one attached hydrogen (secondary N) is 1. The molecule has 0 aliphatic heterocycles. The highest BCUT2D eigenvalue weighted by atomic mass is 79.9. The van der Waals surface area contributed by atoms with Crippen LogP contribution in [0, 0.1) is 0 Å². The first-order valence-corrected chi connectivity index (χ1v) is 5.04. The number of halogens is 1. The molecule has 78 valence electrons. The number of hydrogen-bond donors (Lipinski definition) is 2. The van der Waals surface area contributed by atoms with Crippen molar-refractivity contribution in [3.05, 3.63) is 15.9 Å². The fourth-order valence-electron chi connectivity index (χ4n) is 1.01. The van der Waals surface area contributed by atoms with Gasteiger partial charge in [0.15, 0.2) is 5.76 Å². The van der Waals surface area contributed by atoms with Gasteiger partial charge >= 0.3 is 6.09 Å². The number of aromatic nitrogens is 1. The van der Waals surface area contributed by atoms with Crippen molar-refractivity contribution >= 4 is 22.0 Å². The van der Waals surface area contributed by atoms with Gasteiger partial charge in [-0.05, 0) is 15.9 Å². The van der Waals surface area contributed by atoms with Crippen LogP contribution in [-0.4, -0.2) is 22.9 Å². The predicted molar refractivity (Wildman–Crippen MR) is 53.3 cm³/mol. The highest BCUT2D eigenvalue weighted by Crippen LogP contribution is 2.21. The number of nitrogens with zero attached hydrogens (tertiary/aromatic N) is 1. The van der Waals surface area contributed by atoms with E-state index in [2.05, 4.69) is 26.4 Å². The van der Waals surface area contributed by atoms with Crippen molar-refractivity contribution in [3.63, 3.8) is 0 Å². The lowest BCUT2D eigenvalue weighted by Gasteiger charge is -1.97. The Balaban J connectivity index is 2.50. The Bertz CT molecular complexity index is 324. The van der Waals surface area contributed by atoms with Crippen LogP contribution in [-0.2, 0) is 12.8 Å². The van der Waals surface area contributed by atoms with Crippen LogP contribution >= 0.6 is 15.9 Å². The maximum Gasteiger partial charge on any atom is 0.404 e. The third kappa shape index (κ3) is 2.73. The summed E-state index contributed by atoms with van der Waals surface area (Å²) in [6.45, 7) is 2.30. The second-order valence-electron chi connectivity index (χ2n) is 2.70. The Labute approximate surface area is 89.6 Å². The second-order valence-corrected chi connectivity index (χ2v) is 3.49. The molecule has 1 heterocycles. The van der Waals surface area contributed by atoms with Gasteiger partial charge in [-0.25, -0.2) is 4.79 Å². The monoisotopic (exact) mass is 262 g/mol. The first kappa shape index (κ1) is 11.0. The fourth-order valence-corrected chi connectivity index (χ4v) is 1.64. The van der Waals surface area contributed by atoms with Crippen LogP contribution in [0.15, 0.2) is 9.00 Å². The van der Waals surface area contributed by atoms with Crippen LogP contribution in [0.3, 0.4) is 0 Å². The molecular weight excluding hydrogens is 252 g/mol. The van der Waals surface area contributed by atoms with Gasteiger partial charge in [0.05, 0.1) is 10.2 Å². The van der Waals surface area contributed by atoms with E-state index in [1.807, 2.05) is 6.92 Å². The van der Waals surface area contributed by atoms with E-state index in [1.54, 1.807) is 0 Å². The Morgan fingerprint density at radius 3 is 2.93 bits per heavy atom. The maximum atomic E-state index is 10.2. The first-order valence-electron chi connectivity index (χ1n) is 4.24. The molecule has 0 aromatic carbocycles. The third-order valence-corrected chi connectivity index (χ3v) is 2.62. The van der Waals surface area contributed by atoms with E-state index in [0.29, 0.717) is 13.0 Å². The molecule has 0 aliphatic rings. The summed E-state index contributed by atoms with van der Waals surface area (Å²) in [5, 5.41) is 14.4. The summed E-state index contributed by atoms with van der Waals surface area (Å²) in [7, 11) is 0. The van der Waals surface area contributed by atoms with Gasteiger partial charge in [0.2, 0.25) is 0 Å². The minimum atomic E-state index is -1.03. The summed E-state index contributed by atoms with van der Waals surface area (Å²) in [4.78, 5) is 10.2. The molecule has 14 heavy (non-hydrogen) atoms. The summed E-state index contributed by atoms with van der Waals surface area (Å²) < 4.78 is 5.87. The van der Waals surface area contributed by atoms with Crippen LogP contribution in [0.4, 0.5) is 4.79 Å². The fraction of sp³-hybridized carbons (Fsp3) is 0.500. The molecular formula is C8H11BrN2O3. The standard InChI is InChI=1S/C8H11BrN2O3/c1-2-6-7(9)5(11-14-6)3-4-10-8(12)13/h10H,2-4H2,1H3,(H,12,13). The largest absolute Gasteiger partial charge is 0.465 e. The summed E-state index contributed by atoms with van der Waals surface area (Å²) in [5.41, 5.74) is 0.746. The zero-order valence-electron chi connectivity index (χ0n) is 7.71. The zero-order chi connectivity index (χ0) is 10.6. The van der Waals surface area contributed by atoms with E-state index in [-0.39, 0.29) is 0 Å². The van der Waals surface area contributed by atoms with Gasteiger partial charge in [-0.1, -0.05) is 12.1 Å². The van der Waals surface area contributed by atoms with Crippen LogP contribution in [0.1, 0.15) is 18.4 Å². The Kier molecular flexibility index (Phi) is 3.94. The number of hydrogen-bond acceptors (Lipinski definition) is 3. The first-order chi connectivity index (χ1) is 6.65. The van der Waals surface area contributed by atoms with E-state index < -0.39 is 6.09 Å². The summed E-state index contributed by atoms with van der Waals surface area (Å²) in [5.74, 6) is 0.787. The molecule has 6 heteroatoms. The van der Waals surface area contributed by atoms with Gasteiger partial charge in [-0.2, -0.15) is 0 Å². The van der Waals surface area contributed by atoms with E-state index in [9.17, 15) is 4.79 Å². The van der Waals surface area contributed by atoms with Gasteiger partial charge in [0.25, 0.3) is 0 Å². The lowest BCUT2D eigenvalue weighted by molar-refractivity contribution is 0.194. The molecule has 0 atom stereocenters. The topological polar surface area (TPSA) is 75.4 Å². The zero-order valence-corrected chi connectivity index (χ0v) is 9.30.